The average Bonchev–Trinajstić information content (AvgIpc) is 3.24. The van der Waals surface area contributed by atoms with E-state index in [1.807, 2.05) is 0 Å². The number of nitrogens with one attached hydrogen (secondary N) is 1. The van der Waals surface area contributed by atoms with E-state index in [1.165, 1.54) is 17.4 Å². The van der Waals surface area contributed by atoms with Crippen LogP contribution in [0.15, 0.2) is 24.4 Å². The number of aryl methyl sites for hydroxylation is 1. The van der Waals surface area contributed by atoms with Gasteiger partial charge in [0.15, 0.2) is 6.79 Å². The Balaban J connectivity index is 0.000000819. The van der Waals surface area contributed by atoms with Gasteiger partial charge in [-0.1, -0.05) is 40.5 Å². The van der Waals surface area contributed by atoms with Crippen LogP contribution >= 0.6 is 0 Å². The molecule has 3 aromatic rings. The number of ether oxygens (including phenoxy) is 2. The van der Waals surface area contributed by atoms with E-state index in [-0.39, 0.29) is 12.5 Å². The van der Waals surface area contributed by atoms with Crippen LogP contribution in [0.1, 0.15) is 58.6 Å². The van der Waals surface area contributed by atoms with Crippen molar-refractivity contribution in [2.24, 2.45) is 0 Å². The lowest BCUT2D eigenvalue weighted by molar-refractivity contribution is -0.137. The molecule has 0 unspecified atom stereocenters. The Morgan fingerprint density at radius 3 is 2.21 bits per heavy atom. The Morgan fingerprint density at radius 2 is 1.67 bits per heavy atom. The molecule has 0 atom stereocenters. The van der Waals surface area contributed by atoms with E-state index in [1.54, 1.807) is 33.2 Å². The Kier molecular flexibility index (Phi) is 11.6. The molecule has 0 aliphatic rings. The van der Waals surface area contributed by atoms with Gasteiger partial charge in [-0.25, -0.2) is 0 Å². The first kappa shape index (κ1) is 28.2. The Morgan fingerprint density at radius 1 is 1.03 bits per heavy atom. The van der Waals surface area contributed by atoms with Gasteiger partial charge in [0.05, 0.1) is 17.3 Å². The summed E-state index contributed by atoms with van der Waals surface area (Å²) >= 11 is 0. The topological polar surface area (TPSA) is 73.6 Å². The van der Waals surface area contributed by atoms with Crippen molar-refractivity contribution in [2.45, 2.75) is 60.6 Å². The summed E-state index contributed by atoms with van der Waals surface area (Å²) in [5.41, 5.74) is 0.900. The molecule has 2 heterocycles. The van der Waals surface area contributed by atoms with E-state index in [4.69, 9.17) is 9.47 Å². The van der Waals surface area contributed by atoms with Crippen LogP contribution in [0, 0.1) is 6.92 Å². The average molecular weight is 470 g/mol. The first-order chi connectivity index (χ1) is 15.7. The van der Waals surface area contributed by atoms with Crippen molar-refractivity contribution < 1.29 is 22.6 Å². The fourth-order valence-corrected chi connectivity index (χ4v) is 2.70. The lowest BCUT2D eigenvalue weighted by Gasteiger charge is -2.17. The monoisotopic (exact) mass is 469 g/mol. The molecule has 0 spiro atoms. The fourth-order valence-electron chi connectivity index (χ4n) is 2.70. The number of rotatable bonds is 6. The maximum atomic E-state index is 13.2. The lowest BCUT2D eigenvalue weighted by Crippen LogP contribution is -2.11. The summed E-state index contributed by atoms with van der Waals surface area (Å²) in [5.74, 6) is 0.422. The van der Waals surface area contributed by atoms with Gasteiger partial charge in [0.1, 0.15) is 11.4 Å². The van der Waals surface area contributed by atoms with Crippen LogP contribution in [0.4, 0.5) is 19.1 Å². The van der Waals surface area contributed by atoms with Gasteiger partial charge in [-0.3, -0.25) is 0 Å². The summed E-state index contributed by atoms with van der Waals surface area (Å²) in [6.07, 6.45) is -0.441. The number of hydrogen-bond donors (Lipinski definition) is 1. The van der Waals surface area contributed by atoms with Crippen LogP contribution in [0.3, 0.4) is 0 Å². The quantitative estimate of drug-likeness (QED) is 0.334. The highest BCUT2D eigenvalue weighted by atomic mass is 19.4. The van der Waals surface area contributed by atoms with Crippen molar-refractivity contribution in [2.75, 3.05) is 25.8 Å². The van der Waals surface area contributed by atoms with Gasteiger partial charge < -0.3 is 14.8 Å². The molecule has 0 amide bonds. The zero-order valence-electron chi connectivity index (χ0n) is 20.4. The van der Waals surface area contributed by atoms with Gasteiger partial charge in [-0.05, 0) is 37.6 Å². The van der Waals surface area contributed by atoms with Gasteiger partial charge in [-0.15, -0.1) is 10.2 Å². The van der Waals surface area contributed by atoms with Gasteiger partial charge in [-0.2, -0.15) is 22.8 Å². The van der Waals surface area contributed by atoms with Crippen LogP contribution in [0.5, 0.6) is 5.75 Å². The summed E-state index contributed by atoms with van der Waals surface area (Å²) in [5, 5.41) is 15.3. The Hall–Kier alpha value is -2.88. The summed E-state index contributed by atoms with van der Waals surface area (Å²) in [6, 6.07) is 3.71. The number of anilines is 1. The van der Waals surface area contributed by atoms with Gasteiger partial charge in [0, 0.05) is 19.2 Å². The van der Waals surface area contributed by atoms with E-state index in [9.17, 15) is 13.2 Å². The normalized spacial score (nSPS) is 10.7. The van der Waals surface area contributed by atoms with Crippen LogP contribution < -0.4 is 10.1 Å². The molecule has 0 aliphatic heterocycles. The number of aromatic nitrogens is 4. The molecule has 0 bridgehead atoms. The SMILES string of the molecule is CCC.CCC.CCOCOc1cc(C(F)(F)F)cc(C)c1-c1nnc(NC)n2nccc12. The van der Waals surface area contributed by atoms with Crippen molar-refractivity contribution in [3.8, 4) is 17.0 Å². The molecule has 0 radical (unpaired) electrons. The van der Waals surface area contributed by atoms with Crippen molar-refractivity contribution in [1.29, 1.82) is 0 Å². The number of halogens is 3. The molecule has 7 nitrogen and oxygen atoms in total. The molecule has 184 valence electrons. The predicted octanol–water partition coefficient (Wildman–Crippen LogP) is 6.37. The number of alkyl halides is 3. The third kappa shape index (κ3) is 7.59. The second kappa shape index (κ2) is 13.6. The second-order valence-electron chi connectivity index (χ2n) is 7.08. The van der Waals surface area contributed by atoms with Gasteiger partial charge in [0.2, 0.25) is 5.95 Å². The molecule has 0 saturated heterocycles. The molecular weight excluding hydrogens is 435 g/mol. The first-order valence-electron chi connectivity index (χ1n) is 11.0. The third-order valence-electron chi connectivity index (χ3n) is 3.92. The maximum Gasteiger partial charge on any atom is 0.416 e. The Labute approximate surface area is 193 Å². The van der Waals surface area contributed by atoms with Crippen molar-refractivity contribution in [3.63, 3.8) is 0 Å². The smallest absolute Gasteiger partial charge is 0.416 e. The largest absolute Gasteiger partial charge is 0.467 e. The molecule has 10 heteroatoms. The molecule has 0 aliphatic carbocycles. The highest BCUT2D eigenvalue weighted by Crippen LogP contribution is 2.40. The number of hydrogen-bond acceptors (Lipinski definition) is 6. The molecule has 2 aromatic heterocycles. The van der Waals surface area contributed by atoms with Gasteiger partial charge in [0.25, 0.3) is 0 Å². The summed E-state index contributed by atoms with van der Waals surface area (Å²) in [4.78, 5) is 0. The summed E-state index contributed by atoms with van der Waals surface area (Å²) in [6.45, 7) is 12.0. The van der Waals surface area contributed by atoms with Crippen molar-refractivity contribution in [3.05, 3.63) is 35.5 Å². The Bertz CT molecular complexity index is 988. The standard InChI is InChI=1S/C17H18F3N5O2.2C3H8/c1-4-26-9-27-13-8-11(17(18,19)20)7-10(2)14(13)15-12-5-6-22-25(12)16(21-3)24-23-15;2*1-3-2/h5-8H,4,9H2,1-3H3,(H,21,24);2*3H2,1-2H3. The number of benzene rings is 1. The molecule has 33 heavy (non-hydrogen) atoms. The maximum absolute atomic E-state index is 13.2. The van der Waals surface area contributed by atoms with E-state index in [2.05, 4.69) is 48.3 Å². The molecule has 1 aromatic carbocycles. The molecule has 0 fully saturated rings. The lowest BCUT2D eigenvalue weighted by atomic mass is 10.00. The van der Waals surface area contributed by atoms with Crippen LogP contribution in [-0.2, 0) is 10.9 Å². The number of fused-ring (bicyclic) bond motifs is 1. The third-order valence-corrected chi connectivity index (χ3v) is 3.92. The molecule has 1 N–H and O–H groups in total. The van der Waals surface area contributed by atoms with E-state index in [0.717, 1.165) is 12.1 Å². The summed E-state index contributed by atoms with van der Waals surface area (Å²) < 4.78 is 51.9. The highest BCUT2D eigenvalue weighted by molar-refractivity contribution is 5.83. The summed E-state index contributed by atoms with van der Waals surface area (Å²) in [7, 11) is 1.67. The minimum atomic E-state index is -4.50. The van der Waals surface area contributed by atoms with E-state index in [0.29, 0.717) is 34.9 Å². The van der Waals surface area contributed by atoms with Gasteiger partial charge >= 0.3 is 6.18 Å². The minimum absolute atomic E-state index is 0.0189. The number of nitrogens with zero attached hydrogens (tertiary/aromatic N) is 4. The minimum Gasteiger partial charge on any atom is -0.467 e. The zero-order valence-corrected chi connectivity index (χ0v) is 20.4. The van der Waals surface area contributed by atoms with Crippen molar-refractivity contribution in [1.82, 2.24) is 19.8 Å². The molecular formula is C23H34F3N5O2. The predicted molar refractivity (Wildman–Crippen MR) is 125 cm³/mol. The van der Waals surface area contributed by atoms with Crippen LogP contribution in [-0.4, -0.2) is 40.3 Å². The highest BCUT2D eigenvalue weighted by Gasteiger charge is 2.33. The molecule has 0 saturated carbocycles. The molecule has 3 rings (SSSR count). The van der Waals surface area contributed by atoms with E-state index < -0.39 is 11.7 Å². The van der Waals surface area contributed by atoms with Crippen molar-refractivity contribution >= 4 is 11.5 Å². The van der Waals surface area contributed by atoms with E-state index >= 15 is 0 Å². The first-order valence-corrected chi connectivity index (χ1v) is 11.0. The zero-order chi connectivity index (χ0) is 25.0. The fraction of sp³-hybridized carbons (Fsp3) is 0.522. The second-order valence-corrected chi connectivity index (χ2v) is 7.08. The van der Waals surface area contributed by atoms with Crippen LogP contribution in [0.25, 0.3) is 16.8 Å². The van der Waals surface area contributed by atoms with Crippen LogP contribution in [0.2, 0.25) is 0 Å².